The molecule has 4 rings (SSSR count). The van der Waals surface area contributed by atoms with Crippen molar-refractivity contribution in [3.63, 3.8) is 0 Å². The van der Waals surface area contributed by atoms with Gasteiger partial charge in [-0.1, -0.05) is 49.4 Å². The van der Waals surface area contributed by atoms with E-state index in [4.69, 9.17) is 4.74 Å². The third-order valence-electron chi connectivity index (χ3n) is 4.72. The molecule has 2 aromatic carbocycles. The SMILES string of the molecule is CC1C=CC(NC(=O)c2cccc(C3(Nc4ccccc4)CO3)c2)=CC1. The molecule has 0 radical (unpaired) electrons. The number of rotatable bonds is 5. The molecule has 26 heavy (non-hydrogen) atoms. The average Bonchev–Trinajstić information content (AvgIpc) is 3.45. The summed E-state index contributed by atoms with van der Waals surface area (Å²) in [5, 5.41) is 6.40. The average molecular weight is 346 g/mol. The molecule has 0 aromatic heterocycles. The van der Waals surface area contributed by atoms with E-state index in [2.05, 4.69) is 29.7 Å². The van der Waals surface area contributed by atoms with E-state index < -0.39 is 5.72 Å². The highest BCUT2D eigenvalue weighted by atomic mass is 16.6. The Bertz CT molecular complexity index is 867. The Labute approximate surface area is 153 Å². The van der Waals surface area contributed by atoms with Crippen molar-refractivity contribution < 1.29 is 9.53 Å². The van der Waals surface area contributed by atoms with E-state index in [-0.39, 0.29) is 5.91 Å². The molecule has 1 saturated heterocycles. The number of epoxide rings is 1. The van der Waals surface area contributed by atoms with Gasteiger partial charge in [0.1, 0.15) is 6.61 Å². The smallest absolute Gasteiger partial charge is 0.255 e. The third-order valence-corrected chi connectivity index (χ3v) is 4.72. The number of hydrogen-bond donors (Lipinski definition) is 2. The van der Waals surface area contributed by atoms with E-state index in [0.717, 1.165) is 23.4 Å². The molecule has 1 aliphatic carbocycles. The van der Waals surface area contributed by atoms with Gasteiger partial charge >= 0.3 is 0 Å². The van der Waals surface area contributed by atoms with Gasteiger partial charge in [0.2, 0.25) is 0 Å². The minimum absolute atomic E-state index is 0.104. The zero-order valence-electron chi connectivity index (χ0n) is 14.7. The number of hydrogen-bond acceptors (Lipinski definition) is 3. The first-order chi connectivity index (χ1) is 12.6. The number of para-hydroxylation sites is 1. The quantitative estimate of drug-likeness (QED) is 0.798. The number of ether oxygens (including phenoxy) is 1. The van der Waals surface area contributed by atoms with Crippen LogP contribution in [0.3, 0.4) is 0 Å². The summed E-state index contributed by atoms with van der Waals surface area (Å²) in [6.07, 6.45) is 7.10. The fourth-order valence-corrected chi connectivity index (χ4v) is 3.07. The first-order valence-corrected chi connectivity index (χ1v) is 8.92. The summed E-state index contributed by atoms with van der Waals surface area (Å²) < 4.78 is 5.72. The highest BCUT2D eigenvalue weighted by molar-refractivity contribution is 5.95. The Morgan fingerprint density at radius 1 is 1.15 bits per heavy atom. The zero-order chi connectivity index (χ0) is 18.0. The first-order valence-electron chi connectivity index (χ1n) is 8.92. The molecule has 2 unspecified atom stereocenters. The van der Waals surface area contributed by atoms with Crippen LogP contribution in [0.4, 0.5) is 5.69 Å². The number of nitrogens with one attached hydrogen (secondary N) is 2. The predicted molar refractivity (Wildman–Crippen MR) is 103 cm³/mol. The Balaban J connectivity index is 1.50. The van der Waals surface area contributed by atoms with Crippen molar-refractivity contribution in [3.05, 3.63) is 89.6 Å². The van der Waals surface area contributed by atoms with Crippen LogP contribution in [0.2, 0.25) is 0 Å². The maximum absolute atomic E-state index is 12.6. The van der Waals surface area contributed by atoms with Crippen molar-refractivity contribution in [2.45, 2.75) is 19.1 Å². The zero-order valence-corrected chi connectivity index (χ0v) is 14.7. The summed E-state index contributed by atoms with van der Waals surface area (Å²) in [6.45, 7) is 2.74. The Morgan fingerprint density at radius 3 is 2.65 bits per heavy atom. The molecule has 132 valence electrons. The molecular weight excluding hydrogens is 324 g/mol. The summed E-state index contributed by atoms with van der Waals surface area (Å²) in [4.78, 5) is 12.6. The molecule has 2 aliphatic rings. The number of allylic oxidation sites excluding steroid dienone is 3. The van der Waals surface area contributed by atoms with Crippen molar-refractivity contribution in [2.24, 2.45) is 5.92 Å². The lowest BCUT2D eigenvalue weighted by atomic mass is 10.0. The van der Waals surface area contributed by atoms with Crippen LogP contribution in [0.25, 0.3) is 0 Å². The molecule has 0 bridgehead atoms. The lowest BCUT2D eigenvalue weighted by Crippen LogP contribution is -2.25. The minimum Gasteiger partial charge on any atom is -0.352 e. The van der Waals surface area contributed by atoms with Crippen LogP contribution < -0.4 is 10.6 Å². The van der Waals surface area contributed by atoms with Gasteiger partial charge in [-0.15, -0.1) is 0 Å². The molecule has 4 nitrogen and oxygen atoms in total. The number of amides is 1. The Hall–Kier alpha value is -2.85. The molecule has 0 spiro atoms. The van der Waals surface area contributed by atoms with Crippen LogP contribution in [-0.2, 0) is 10.5 Å². The number of carbonyl (C=O) groups is 1. The number of anilines is 1. The van der Waals surface area contributed by atoms with Crippen molar-refractivity contribution in [1.82, 2.24) is 5.32 Å². The molecule has 4 heteroatoms. The second-order valence-electron chi connectivity index (χ2n) is 6.87. The van der Waals surface area contributed by atoms with E-state index in [1.54, 1.807) is 0 Å². The van der Waals surface area contributed by atoms with Gasteiger partial charge in [-0.25, -0.2) is 0 Å². The normalized spacial score (nSPS) is 23.9. The summed E-state index contributed by atoms with van der Waals surface area (Å²) in [5.41, 5.74) is 2.89. The predicted octanol–water partition coefficient (Wildman–Crippen LogP) is 4.19. The van der Waals surface area contributed by atoms with Crippen LogP contribution in [0.5, 0.6) is 0 Å². The molecule has 1 fully saturated rings. The van der Waals surface area contributed by atoms with Gasteiger partial charge in [0.05, 0.1) is 0 Å². The van der Waals surface area contributed by atoms with Crippen LogP contribution in [-0.4, -0.2) is 12.5 Å². The van der Waals surface area contributed by atoms with Gasteiger partial charge in [-0.2, -0.15) is 0 Å². The number of carbonyl (C=O) groups excluding carboxylic acids is 1. The summed E-state index contributed by atoms with van der Waals surface area (Å²) in [7, 11) is 0. The summed E-state index contributed by atoms with van der Waals surface area (Å²) >= 11 is 0. The van der Waals surface area contributed by atoms with Crippen LogP contribution in [0.15, 0.2) is 78.5 Å². The Kier molecular flexibility index (Phi) is 4.35. The molecule has 2 aromatic rings. The monoisotopic (exact) mass is 346 g/mol. The van der Waals surface area contributed by atoms with Gasteiger partial charge in [-0.3, -0.25) is 4.79 Å². The van der Waals surface area contributed by atoms with Gasteiger partial charge in [-0.05, 0) is 42.7 Å². The maximum atomic E-state index is 12.6. The first kappa shape index (κ1) is 16.6. The van der Waals surface area contributed by atoms with Crippen LogP contribution in [0, 0.1) is 5.92 Å². The van der Waals surface area contributed by atoms with E-state index in [0.29, 0.717) is 18.1 Å². The van der Waals surface area contributed by atoms with Crippen LogP contribution >= 0.6 is 0 Å². The second-order valence-corrected chi connectivity index (χ2v) is 6.87. The highest BCUT2D eigenvalue weighted by Crippen LogP contribution is 2.39. The third kappa shape index (κ3) is 3.55. The topological polar surface area (TPSA) is 53.7 Å². The van der Waals surface area contributed by atoms with Crippen molar-refractivity contribution in [3.8, 4) is 0 Å². The molecular formula is C22H22N2O2. The van der Waals surface area contributed by atoms with Gasteiger partial charge in [0.25, 0.3) is 5.91 Å². The molecule has 1 aliphatic heterocycles. The molecule has 1 amide bonds. The molecule has 0 saturated carbocycles. The second kappa shape index (κ2) is 6.81. The molecule has 2 N–H and O–H groups in total. The standard InChI is InChI=1S/C22H22N2O2/c1-16-10-12-19(13-11-16)23-21(25)17-6-5-7-18(14-17)22(15-26-22)24-20-8-3-2-4-9-20/h2-10,12-14,16,24H,11,15H2,1H3,(H,23,25). The molecule has 1 heterocycles. The Morgan fingerprint density at radius 2 is 1.96 bits per heavy atom. The minimum atomic E-state index is -0.545. The van der Waals surface area contributed by atoms with E-state index in [1.165, 1.54) is 0 Å². The van der Waals surface area contributed by atoms with E-state index in [1.807, 2.05) is 60.7 Å². The summed E-state index contributed by atoms with van der Waals surface area (Å²) in [6, 6.07) is 17.6. The van der Waals surface area contributed by atoms with Gasteiger partial charge < -0.3 is 15.4 Å². The van der Waals surface area contributed by atoms with Gasteiger partial charge in [0, 0.05) is 22.5 Å². The number of benzene rings is 2. The largest absolute Gasteiger partial charge is 0.352 e. The van der Waals surface area contributed by atoms with Crippen LogP contribution in [0.1, 0.15) is 29.3 Å². The van der Waals surface area contributed by atoms with E-state index in [9.17, 15) is 4.79 Å². The fraction of sp³-hybridized carbons (Fsp3) is 0.227. The van der Waals surface area contributed by atoms with Gasteiger partial charge in [0.15, 0.2) is 5.72 Å². The maximum Gasteiger partial charge on any atom is 0.255 e. The van der Waals surface area contributed by atoms with Crippen molar-refractivity contribution in [2.75, 3.05) is 11.9 Å². The molecule has 2 atom stereocenters. The lowest BCUT2D eigenvalue weighted by Gasteiger charge is -2.17. The fourth-order valence-electron chi connectivity index (χ4n) is 3.07. The van der Waals surface area contributed by atoms with E-state index >= 15 is 0 Å². The lowest BCUT2D eigenvalue weighted by molar-refractivity contribution is 0.0966. The van der Waals surface area contributed by atoms with Crippen molar-refractivity contribution in [1.29, 1.82) is 0 Å². The summed E-state index contributed by atoms with van der Waals surface area (Å²) in [5.74, 6) is 0.419. The van der Waals surface area contributed by atoms with Crippen molar-refractivity contribution >= 4 is 11.6 Å². The highest BCUT2D eigenvalue weighted by Gasteiger charge is 2.47.